The Kier molecular flexibility index (Phi) is 31.4. The number of phosphoric acid groups is 1. The topological polar surface area (TPSA) is 186 Å². The van der Waals surface area contributed by atoms with E-state index in [4.69, 9.17) is 19.1 Å². The van der Waals surface area contributed by atoms with Crippen molar-refractivity contribution in [1.82, 2.24) is 0 Å². The Balaban J connectivity index is 2.47. The molecular formula is C44H73O12P. The summed E-state index contributed by atoms with van der Waals surface area (Å²) < 4.78 is 32.7. The Morgan fingerprint density at radius 2 is 1.39 bits per heavy atom. The van der Waals surface area contributed by atoms with E-state index in [1.807, 2.05) is 24.3 Å². The van der Waals surface area contributed by atoms with Crippen molar-refractivity contribution < 1.29 is 57.7 Å². The van der Waals surface area contributed by atoms with Crippen molar-refractivity contribution in [3.63, 3.8) is 0 Å². The number of hydrogen-bond acceptors (Lipinski definition) is 11. The van der Waals surface area contributed by atoms with E-state index in [2.05, 4.69) is 42.7 Å². The minimum atomic E-state index is -4.68. The largest absolute Gasteiger partial charge is 0.472 e. The predicted octanol–water partition coefficient (Wildman–Crippen LogP) is 8.73. The molecule has 6 atom stereocenters. The Bertz CT molecular complexity index is 1280. The van der Waals surface area contributed by atoms with Crippen molar-refractivity contribution in [1.29, 1.82) is 0 Å². The number of hydrogen-bond donors (Lipinski definition) is 4. The first-order chi connectivity index (χ1) is 27.5. The highest BCUT2D eigenvalue weighted by atomic mass is 31.2. The zero-order valence-electron chi connectivity index (χ0n) is 34.6. The average molecular weight is 825 g/mol. The summed E-state index contributed by atoms with van der Waals surface area (Å²) in [7, 11) is -4.68. The third-order valence-electron chi connectivity index (χ3n) is 9.39. The fourth-order valence-electron chi connectivity index (χ4n) is 5.95. The van der Waals surface area contributed by atoms with Gasteiger partial charge in [-0.25, -0.2) is 4.57 Å². The first-order valence-corrected chi connectivity index (χ1v) is 22.8. The minimum absolute atomic E-state index is 0.00488. The number of carbonyl (C=O) groups is 3. The second-order valence-corrected chi connectivity index (χ2v) is 16.1. The Hall–Kier alpha value is -2.70. The van der Waals surface area contributed by atoms with E-state index in [0.29, 0.717) is 32.1 Å². The summed E-state index contributed by atoms with van der Waals surface area (Å²) in [6, 6.07) is 0. The molecule has 13 heteroatoms. The second kappa shape index (κ2) is 34.2. The lowest BCUT2D eigenvalue weighted by molar-refractivity contribution is -0.161. The molecule has 0 spiro atoms. The van der Waals surface area contributed by atoms with E-state index in [0.717, 1.165) is 64.2 Å². The molecule has 0 aliphatic heterocycles. The van der Waals surface area contributed by atoms with Crippen molar-refractivity contribution in [2.45, 2.75) is 161 Å². The number of rotatable bonds is 36. The Morgan fingerprint density at radius 3 is 2.11 bits per heavy atom. The molecule has 0 saturated heterocycles. The summed E-state index contributed by atoms with van der Waals surface area (Å²) in [6.07, 6.45) is 33.9. The molecule has 0 aromatic rings. The standard InChI is InChI=1S/C44H73O12P/c1-3-5-7-8-9-10-11-12-13-14-15-16-17-18-23-27-43(49)53-35-40(36-55-57(51,52)54-34-39(47)33-45)56-44(50)28-24-20-19-22-25-37-29-32-42(48)41(37)31-30-38(46)26-21-6-4-2/h9-10,12-13,19,22,29-32,37-41,45-47H,3-8,11,14-18,20-21,23-28,33-36H2,1-2H3,(H,51,52)/b10-9-,13-12-,22-19-,31-30+/t37-,38-,39-,40+,41+/m0/s1. The van der Waals surface area contributed by atoms with Gasteiger partial charge in [0.2, 0.25) is 0 Å². The summed E-state index contributed by atoms with van der Waals surface area (Å²) >= 11 is 0. The van der Waals surface area contributed by atoms with Crippen LogP contribution in [-0.2, 0) is 37.5 Å². The molecule has 0 heterocycles. The number of ether oxygens (including phenoxy) is 2. The minimum Gasteiger partial charge on any atom is -0.462 e. The maximum Gasteiger partial charge on any atom is 0.472 e. The molecule has 0 saturated carbocycles. The van der Waals surface area contributed by atoms with E-state index in [1.165, 1.54) is 19.3 Å². The van der Waals surface area contributed by atoms with Gasteiger partial charge in [0.15, 0.2) is 11.9 Å². The van der Waals surface area contributed by atoms with Crippen molar-refractivity contribution in [2.75, 3.05) is 26.4 Å². The van der Waals surface area contributed by atoms with Crippen LogP contribution < -0.4 is 0 Å². The van der Waals surface area contributed by atoms with Gasteiger partial charge in [-0.1, -0.05) is 120 Å². The summed E-state index contributed by atoms with van der Waals surface area (Å²) in [6.45, 7) is 1.99. The van der Waals surface area contributed by atoms with E-state index in [-0.39, 0.29) is 37.1 Å². The van der Waals surface area contributed by atoms with Crippen molar-refractivity contribution in [3.05, 3.63) is 60.8 Å². The number of phosphoric ester groups is 1. The molecule has 0 aromatic heterocycles. The van der Waals surface area contributed by atoms with Crippen LogP contribution in [0.15, 0.2) is 60.8 Å². The molecule has 0 fully saturated rings. The van der Waals surface area contributed by atoms with Crippen LogP contribution in [0.2, 0.25) is 0 Å². The number of aliphatic hydroxyl groups excluding tert-OH is 3. The van der Waals surface area contributed by atoms with E-state index < -0.39 is 57.9 Å². The molecular weight excluding hydrogens is 751 g/mol. The van der Waals surface area contributed by atoms with Crippen LogP contribution in [0.3, 0.4) is 0 Å². The highest BCUT2D eigenvalue weighted by Crippen LogP contribution is 2.43. The predicted molar refractivity (Wildman–Crippen MR) is 223 cm³/mol. The van der Waals surface area contributed by atoms with Gasteiger partial charge in [0.25, 0.3) is 0 Å². The summed E-state index contributed by atoms with van der Waals surface area (Å²) in [4.78, 5) is 47.5. The van der Waals surface area contributed by atoms with Gasteiger partial charge >= 0.3 is 19.8 Å². The van der Waals surface area contributed by atoms with Crippen molar-refractivity contribution in [2.24, 2.45) is 11.8 Å². The molecule has 4 N–H and O–H groups in total. The number of carbonyl (C=O) groups excluding carboxylic acids is 3. The smallest absolute Gasteiger partial charge is 0.462 e. The molecule has 1 aliphatic carbocycles. The van der Waals surface area contributed by atoms with Gasteiger partial charge in [-0.05, 0) is 76.2 Å². The molecule has 0 amide bonds. The number of esters is 2. The normalized spacial score (nSPS) is 18.6. The van der Waals surface area contributed by atoms with Gasteiger partial charge in [-0.3, -0.25) is 23.4 Å². The number of allylic oxidation sites excluding steroid dienone is 9. The maximum absolute atomic E-state index is 12.7. The first-order valence-electron chi connectivity index (χ1n) is 21.3. The lowest BCUT2D eigenvalue weighted by Crippen LogP contribution is -2.29. The van der Waals surface area contributed by atoms with E-state index in [9.17, 15) is 34.1 Å². The lowest BCUT2D eigenvalue weighted by Gasteiger charge is -2.20. The molecule has 326 valence electrons. The second-order valence-electron chi connectivity index (χ2n) is 14.7. The molecule has 1 unspecified atom stereocenters. The molecule has 1 aliphatic rings. The van der Waals surface area contributed by atoms with Crippen LogP contribution in [0.25, 0.3) is 0 Å². The SMILES string of the molecule is CCCCC/C=C\C/C=C\CCCCCCCC(=O)OC[C@H](COP(=O)(O)OC[C@@H](O)CO)OC(=O)CCC/C=C\C[C@H]1C=CC(=O)[C@@H]1/C=C/[C@@H](O)CCCCC. The molecule has 0 aromatic carbocycles. The van der Waals surface area contributed by atoms with Crippen molar-refractivity contribution >= 4 is 25.5 Å². The van der Waals surface area contributed by atoms with Gasteiger partial charge < -0.3 is 29.7 Å². The third kappa shape index (κ3) is 29.2. The fraction of sp³-hybridized carbons (Fsp3) is 0.705. The molecule has 0 radical (unpaired) electrons. The molecule has 1 rings (SSSR count). The van der Waals surface area contributed by atoms with Gasteiger partial charge in [0.05, 0.1) is 25.9 Å². The van der Waals surface area contributed by atoms with Gasteiger partial charge in [-0.15, -0.1) is 0 Å². The van der Waals surface area contributed by atoms with Gasteiger partial charge in [-0.2, -0.15) is 0 Å². The summed E-state index contributed by atoms with van der Waals surface area (Å²) in [5.74, 6) is -1.39. The Labute approximate surface area is 342 Å². The number of ketones is 1. The van der Waals surface area contributed by atoms with Crippen molar-refractivity contribution in [3.8, 4) is 0 Å². The van der Waals surface area contributed by atoms with Crippen LogP contribution in [0.1, 0.15) is 142 Å². The number of aliphatic hydroxyl groups is 3. The van der Waals surface area contributed by atoms with E-state index >= 15 is 0 Å². The zero-order valence-corrected chi connectivity index (χ0v) is 35.5. The van der Waals surface area contributed by atoms with E-state index in [1.54, 1.807) is 12.2 Å². The monoisotopic (exact) mass is 824 g/mol. The lowest BCUT2D eigenvalue weighted by atomic mass is 9.90. The Morgan fingerprint density at radius 1 is 0.772 bits per heavy atom. The summed E-state index contributed by atoms with van der Waals surface area (Å²) in [5, 5.41) is 28.6. The quantitative estimate of drug-likeness (QED) is 0.0204. The highest BCUT2D eigenvalue weighted by Gasteiger charge is 2.28. The highest BCUT2D eigenvalue weighted by molar-refractivity contribution is 7.47. The third-order valence-corrected chi connectivity index (χ3v) is 10.3. The van der Waals surface area contributed by atoms with Crippen LogP contribution in [0.4, 0.5) is 0 Å². The molecule has 0 bridgehead atoms. The van der Waals surface area contributed by atoms with Gasteiger partial charge in [0, 0.05) is 18.8 Å². The van der Waals surface area contributed by atoms with Gasteiger partial charge in [0.1, 0.15) is 12.7 Å². The fourth-order valence-corrected chi connectivity index (χ4v) is 6.74. The molecule has 12 nitrogen and oxygen atoms in total. The van der Waals surface area contributed by atoms with Crippen LogP contribution in [0, 0.1) is 11.8 Å². The van der Waals surface area contributed by atoms with Crippen LogP contribution >= 0.6 is 7.82 Å². The summed E-state index contributed by atoms with van der Waals surface area (Å²) in [5.41, 5.74) is 0. The van der Waals surface area contributed by atoms with Crippen LogP contribution in [-0.4, -0.2) is 82.7 Å². The maximum atomic E-state index is 12.7. The van der Waals surface area contributed by atoms with Crippen LogP contribution in [0.5, 0.6) is 0 Å². The number of unbranched alkanes of at least 4 members (excludes halogenated alkanes) is 11. The molecule has 57 heavy (non-hydrogen) atoms. The first kappa shape index (κ1) is 52.3. The zero-order chi connectivity index (χ0) is 42.0. The average Bonchev–Trinajstić information content (AvgIpc) is 3.55.